The zero-order chi connectivity index (χ0) is 13.8. The fourth-order valence-electron chi connectivity index (χ4n) is 2.24. The fraction of sp³-hybridized carbons (Fsp3) is 0.429. The number of hydrogen-bond donors (Lipinski definition) is 1. The van der Waals surface area contributed by atoms with Crippen molar-refractivity contribution in [2.45, 2.75) is 19.5 Å². The van der Waals surface area contributed by atoms with Gasteiger partial charge in [0.25, 0.3) is 0 Å². The lowest BCUT2D eigenvalue weighted by Crippen LogP contribution is -2.53. The molecular formula is C14H17N3O2. The van der Waals surface area contributed by atoms with Crippen molar-refractivity contribution in [1.29, 1.82) is 5.26 Å². The molecule has 1 aromatic carbocycles. The van der Waals surface area contributed by atoms with E-state index in [-0.39, 0.29) is 11.9 Å². The normalized spacial score (nSPS) is 19.6. The van der Waals surface area contributed by atoms with Crippen molar-refractivity contribution in [2.75, 3.05) is 20.2 Å². The van der Waals surface area contributed by atoms with Crippen LogP contribution in [0.2, 0.25) is 0 Å². The number of carbonyl (C=O) groups is 1. The van der Waals surface area contributed by atoms with E-state index in [2.05, 4.69) is 16.3 Å². The zero-order valence-electron chi connectivity index (χ0n) is 11.1. The molecule has 1 atom stereocenters. The number of hydrogen-bond acceptors (Lipinski definition) is 4. The molecule has 0 aromatic heterocycles. The quantitative estimate of drug-likeness (QED) is 0.875. The molecule has 1 fully saturated rings. The van der Waals surface area contributed by atoms with Crippen LogP contribution in [0.4, 0.5) is 0 Å². The summed E-state index contributed by atoms with van der Waals surface area (Å²) < 4.78 is 5.31. The molecule has 0 saturated carbocycles. The summed E-state index contributed by atoms with van der Waals surface area (Å²) in [6.07, 6.45) is 0. The molecule has 1 aliphatic heterocycles. The van der Waals surface area contributed by atoms with E-state index in [1.807, 2.05) is 13.0 Å². The van der Waals surface area contributed by atoms with E-state index in [1.165, 1.54) is 0 Å². The van der Waals surface area contributed by atoms with E-state index in [1.54, 1.807) is 19.2 Å². The molecule has 5 heteroatoms. The average molecular weight is 259 g/mol. The van der Waals surface area contributed by atoms with Crippen LogP contribution in [-0.4, -0.2) is 37.0 Å². The van der Waals surface area contributed by atoms with Crippen molar-refractivity contribution in [1.82, 2.24) is 10.2 Å². The van der Waals surface area contributed by atoms with Crippen LogP contribution in [-0.2, 0) is 11.3 Å². The van der Waals surface area contributed by atoms with Gasteiger partial charge in [0.1, 0.15) is 5.75 Å². The number of carbonyl (C=O) groups excluding carboxylic acids is 1. The summed E-state index contributed by atoms with van der Waals surface area (Å²) in [4.78, 5) is 13.7. The third-order valence-corrected chi connectivity index (χ3v) is 3.41. The molecule has 1 aliphatic rings. The van der Waals surface area contributed by atoms with Crippen LogP contribution in [0.5, 0.6) is 5.75 Å². The lowest BCUT2D eigenvalue weighted by Gasteiger charge is -2.33. The third-order valence-electron chi connectivity index (χ3n) is 3.41. The number of piperazine rings is 1. The van der Waals surface area contributed by atoms with Gasteiger partial charge in [-0.3, -0.25) is 9.69 Å². The van der Waals surface area contributed by atoms with Crippen molar-refractivity contribution in [3.8, 4) is 11.8 Å². The zero-order valence-corrected chi connectivity index (χ0v) is 11.1. The molecule has 1 aromatic rings. The molecule has 1 heterocycles. The Morgan fingerprint density at radius 1 is 1.58 bits per heavy atom. The molecule has 2 rings (SSSR count). The van der Waals surface area contributed by atoms with Gasteiger partial charge in [-0.15, -0.1) is 0 Å². The number of nitrogens with zero attached hydrogens (tertiary/aromatic N) is 2. The molecule has 0 spiro atoms. The molecule has 100 valence electrons. The molecule has 0 radical (unpaired) electrons. The van der Waals surface area contributed by atoms with Crippen LogP contribution in [0.1, 0.15) is 18.1 Å². The first kappa shape index (κ1) is 13.4. The second-order valence-corrected chi connectivity index (χ2v) is 4.58. The molecular weight excluding hydrogens is 242 g/mol. The summed E-state index contributed by atoms with van der Waals surface area (Å²) in [7, 11) is 1.61. The number of nitriles is 1. The highest BCUT2D eigenvalue weighted by Crippen LogP contribution is 2.22. The number of ether oxygens (including phenoxy) is 1. The van der Waals surface area contributed by atoms with Gasteiger partial charge in [0, 0.05) is 25.2 Å². The van der Waals surface area contributed by atoms with Crippen LogP contribution in [0, 0.1) is 11.3 Å². The summed E-state index contributed by atoms with van der Waals surface area (Å²) in [6.45, 7) is 3.94. The number of amides is 1. The fourth-order valence-corrected chi connectivity index (χ4v) is 2.24. The molecule has 1 unspecified atom stereocenters. The lowest BCUT2D eigenvalue weighted by atomic mass is 10.1. The Morgan fingerprint density at radius 3 is 3.05 bits per heavy atom. The predicted molar refractivity (Wildman–Crippen MR) is 70.6 cm³/mol. The van der Waals surface area contributed by atoms with E-state index in [4.69, 9.17) is 10.00 Å². The van der Waals surface area contributed by atoms with Crippen molar-refractivity contribution >= 4 is 5.91 Å². The van der Waals surface area contributed by atoms with Gasteiger partial charge in [-0.25, -0.2) is 0 Å². The van der Waals surface area contributed by atoms with Gasteiger partial charge in [-0.1, -0.05) is 0 Å². The minimum absolute atomic E-state index is 0.0432. The third kappa shape index (κ3) is 2.85. The van der Waals surface area contributed by atoms with Gasteiger partial charge >= 0.3 is 0 Å². The SMILES string of the molecule is COc1ccc(C#N)cc1CN1CCNC(=O)C1C. The summed E-state index contributed by atoms with van der Waals surface area (Å²) in [5, 5.41) is 11.8. The summed E-state index contributed by atoms with van der Waals surface area (Å²) in [6, 6.07) is 7.30. The van der Waals surface area contributed by atoms with Crippen LogP contribution >= 0.6 is 0 Å². The maximum absolute atomic E-state index is 11.6. The van der Waals surface area contributed by atoms with E-state index >= 15 is 0 Å². The topological polar surface area (TPSA) is 65.4 Å². The smallest absolute Gasteiger partial charge is 0.237 e. The highest BCUT2D eigenvalue weighted by molar-refractivity contribution is 5.82. The van der Waals surface area contributed by atoms with Gasteiger partial charge in [-0.2, -0.15) is 5.26 Å². The number of rotatable bonds is 3. The van der Waals surface area contributed by atoms with Crippen LogP contribution in [0.25, 0.3) is 0 Å². The molecule has 1 saturated heterocycles. The van der Waals surface area contributed by atoms with Crippen molar-refractivity contribution in [2.24, 2.45) is 0 Å². The van der Waals surface area contributed by atoms with Crippen molar-refractivity contribution in [3.63, 3.8) is 0 Å². The minimum atomic E-state index is -0.163. The Hall–Kier alpha value is -2.06. The first-order valence-corrected chi connectivity index (χ1v) is 6.24. The highest BCUT2D eigenvalue weighted by Gasteiger charge is 2.26. The summed E-state index contributed by atoms with van der Waals surface area (Å²) >= 11 is 0. The predicted octanol–water partition coefficient (Wildman–Crippen LogP) is 0.887. The van der Waals surface area contributed by atoms with Gasteiger partial charge in [0.2, 0.25) is 5.91 Å². The standard InChI is InChI=1S/C14H17N3O2/c1-10-14(18)16-5-6-17(10)9-12-7-11(8-15)3-4-13(12)19-2/h3-4,7,10H,5-6,9H2,1-2H3,(H,16,18). The maximum Gasteiger partial charge on any atom is 0.237 e. The molecule has 1 N–H and O–H groups in total. The summed E-state index contributed by atoms with van der Waals surface area (Å²) in [5.74, 6) is 0.791. The van der Waals surface area contributed by atoms with Crippen LogP contribution in [0.3, 0.4) is 0 Å². The first-order chi connectivity index (χ1) is 9.15. The molecule has 1 amide bonds. The first-order valence-electron chi connectivity index (χ1n) is 6.24. The maximum atomic E-state index is 11.6. The van der Waals surface area contributed by atoms with Crippen LogP contribution < -0.4 is 10.1 Å². The van der Waals surface area contributed by atoms with E-state index in [0.717, 1.165) is 17.9 Å². The number of methoxy groups -OCH3 is 1. The van der Waals surface area contributed by atoms with E-state index in [0.29, 0.717) is 18.7 Å². The Balaban J connectivity index is 2.22. The lowest BCUT2D eigenvalue weighted by molar-refractivity contribution is -0.128. The Morgan fingerprint density at radius 2 is 2.37 bits per heavy atom. The number of nitrogens with one attached hydrogen (secondary N) is 1. The summed E-state index contributed by atoms with van der Waals surface area (Å²) in [5.41, 5.74) is 1.54. The van der Waals surface area contributed by atoms with Gasteiger partial charge in [0.15, 0.2) is 0 Å². The minimum Gasteiger partial charge on any atom is -0.496 e. The monoisotopic (exact) mass is 259 g/mol. The molecule has 5 nitrogen and oxygen atoms in total. The van der Waals surface area contributed by atoms with E-state index in [9.17, 15) is 4.79 Å². The largest absolute Gasteiger partial charge is 0.496 e. The Bertz CT molecular complexity index is 522. The second-order valence-electron chi connectivity index (χ2n) is 4.58. The Labute approximate surface area is 112 Å². The Kier molecular flexibility index (Phi) is 4.03. The second kappa shape index (κ2) is 5.72. The average Bonchev–Trinajstić information content (AvgIpc) is 2.43. The van der Waals surface area contributed by atoms with Crippen molar-refractivity contribution in [3.05, 3.63) is 29.3 Å². The van der Waals surface area contributed by atoms with Gasteiger partial charge in [0.05, 0.1) is 24.8 Å². The highest BCUT2D eigenvalue weighted by atomic mass is 16.5. The van der Waals surface area contributed by atoms with Crippen molar-refractivity contribution < 1.29 is 9.53 Å². The number of benzene rings is 1. The van der Waals surface area contributed by atoms with Gasteiger partial charge < -0.3 is 10.1 Å². The molecule has 0 bridgehead atoms. The molecule has 19 heavy (non-hydrogen) atoms. The van der Waals surface area contributed by atoms with E-state index < -0.39 is 0 Å². The van der Waals surface area contributed by atoms with Crippen LogP contribution in [0.15, 0.2) is 18.2 Å². The van der Waals surface area contributed by atoms with Gasteiger partial charge in [-0.05, 0) is 25.1 Å². The molecule has 0 aliphatic carbocycles.